The van der Waals surface area contributed by atoms with E-state index in [0.29, 0.717) is 5.56 Å². The Hall–Kier alpha value is -2.92. The third-order valence-electron chi connectivity index (χ3n) is 4.20. The largest absolute Gasteiger partial charge is 0.375 e. The summed E-state index contributed by atoms with van der Waals surface area (Å²) < 4.78 is 0. The average molecular weight is 417 g/mol. The number of nitrogens with zero attached hydrogens (tertiary/aromatic N) is 2. The molecule has 2 aromatic rings. The molecule has 1 atom stereocenters. The molecule has 2 aromatic carbocycles. The fraction of sp³-hybridized carbons (Fsp3) is 0.158. The molecule has 0 spiro atoms. The van der Waals surface area contributed by atoms with E-state index in [-0.39, 0.29) is 39.8 Å². The number of aliphatic hydroxyl groups is 1. The van der Waals surface area contributed by atoms with Crippen LogP contribution in [0.3, 0.4) is 0 Å². The number of nitriles is 1. The number of carbonyl (C=O) groups is 2. The van der Waals surface area contributed by atoms with Crippen LogP contribution in [0.1, 0.15) is 24.0 Å². The van der Waals surface area contributed by atoms with Crippen LogP contribution in [-0.4, -0.2) is 22.6 Å². The molecule has 3 N–H and O–H groups in total. The number of hydrogen-bond donors (Lipinski definition) is 3. The molecule has 0 saturated heterocycles. The summed E-state index contributed by atoms with van der Waals surface area (Å²) in [5, 5.41) is 26.9. The second-order valence-corrected chi connectivity index (χ2v) is 6.94. The molecule has 0 bridgehead atoms. The Labute approximate surface area is 170 Å². The summed E-state index contributed by atoms with van der Waals surface area (Å²) in [6.45, 7) is 0. The minimum atomic E-state index is -1.99. The minimum absolute atomic E-state index is 0.201. The molecular weight excluding hydrogens is 403 g/mol. The van der Waals surface area contributed by atoms with Crippen molar-refractivity contribution in [2.75, 3.05) is 5.32 Å². The normalized spacial score (nSPS) is 18.2. The van der Waals surface area contributed by atoms with Gasteiger partial charge in [0.05, 0.1) is 22.5 Å². The predicted molar refractivity (Wildman–Crippen MR) is 105 cm³/mol. The van der Waals surface area contributed by atoms with Crippen LogP contribution in [0.15, 0.2) is 47.6 Å². The number of anilines is 1. The summed E-state index contributed by atoms with van der Waals surface area (Å²) in [6.07, 6.45) is -0.621. The van der Waals surface area contributed by atoms with Gasteiger partial charge in [-0.05, 0) is 17.7 Å². The SMILES string of the molecule is N#CCC(=O)NN=C(CC1(O)C(=O)Nc2c(Cl)cc(Cl)cc21)c1ccccc1. The van der Waals surface area contributed by atoms with Gasteiger partial charge in [0, 0.05) is 17.0 Å². The number of hydrazone groups is 1. The van der Waals surface area contributed by atoms with E-state index in [9.17, 15) is 14.7 Å². The number of amides is 2. The summed E-state index contributed by atoms with van der Waals surface area (Å²) in [5.41, 5.74) is 1.61. The number of carbonyl (C=O) groups excluding carboxylic acids is 2. The number of benzene rings is 2. The first-order valence-electron chi connectivity index (χ1n) is 8.16. The Morgan fingerprint density at radius 2 is 2.00 bits per heavy atom. The smallest absolute Gasteiger partial charge is 0.261 e. The molecule has 1 heterocycles. The zero-order valence-electron chi connectivity index (χ0n) is 14.4. The van der Waals surface area contributed by atoms with E-state index >= 15 is 0 Å². The van der Waals surface area contributed by atoms with Gasteiger partial charge in [-0.1, -0.05) is 53.5 Å². The maximum absolute atomic E-state index is 12.6. The quantitative estimate of drug-likeness (QED) is 0.513. The van der Waals surface area contributed by atoms with Crippen LogP contribution in [0, 0.1) is 11.3 Å². The van der Waals surface area contributed by atoms with Crippen molar-refractivity contribution in [1.82, 2.24) is 5.43 Å². The van der Waals surface area contributed by atoms with Crippen LogP contribution in [0.5, 0.6) is 0 Å². The summed E-state index contributed by atoms with van der Waals surface area (Å²) in [4.78, 5) is 24.2. The van der Waals surface area contributed by atoms with Gasteiger partial charge in [-0.3, -0.25) is 9.59 Å². The fourth-order valence-electron chi connectivity index (χ4n) is 2.86. The molecule has 2 amide bonds. The van der Waals surface area contributed by atoms with Crippen LogP contribution >= 0.6 is 23.2 Å². The first-order valence-corrected chi connectivity index (χ1v) is 8.92. The average Bonchev–Trinajstić information content (AvgIpc) is 2.91. The first-order chi connectivity index (χ1) is 13.3. The van der Waals surface area contributed by atoms with Gasteiger partial charge < -0.3 is 10.4 Å². The maximum Gasteiger partial charge on any atom is 0.261 e. The molecule has 1 aliphatic heterocycles. The van der Waals surface area contributed by atoms with Crippen molar-refractivity contribution < 1.29 is 14.7 Å². The van der Waals surface area contributed by atoms with Crippen LogP contribution in [-0.2, 0) is 15.2 Å². The lowest BCUT2D eigenvalue weighted by Gasteiger charge is -2.22. The number of halogens is 2. The van der Waals surface area contributed by atoms with E-state index in [4.69, 9.17) is 28.5 Å². The summed E-state index contributed by atoms with van der Waals surface area (Å²) in [5.74, 6) is -1.29. The molecule has 142 valence electrons. The summed E-state index contributed by atoms with van der Waals surface area (Å²) in [6, 6.07) is 13.4. The van der Waals surface area contributed by atoms with Crippen LogP contribution < -0.4 is 10.7 Å². The molecule has 1 unspecified atom stereocenters. The Morgan fingerprint density at radius 1 is 1.29 bits per heavy atom. The van der Waals surface area contributed by atoms with Gasteiger partial charge in [-0.25, -0.2) is 5.43 Å². The van der Waals surface area contributed by atoms with E-state index in [2.05, 4.69) is 15.8 Å². The van der Waals surface area contributed by atoms with Crippen LogP contribution in [0.2, 0.25) is 10.0 Å². The van der Waals surface area contributed by atoms with Crippen molar-refractivity contribution in [3.63, 3.8) is 0 Å². The van der Waals surface area contributed by atoms with E-state index in [1.54, 1.807) is 36.4 Å². The zero-order chi connectivity index (χ0) is 20.3. The number of nitrogens with one attached hydrogen (secondary N) is 2. The molecule has 1 aliphatic rings. The van der Waals surface area contributed by atoms with Gasteiger partial charge in [-0.15, -0.1) is 0 Å². The predicted octanol–water partition coefficient (Wildman–Crippen LogP) is 2.96. The Kier molecular flexibility index (Phi) is 5.66. The Bertz CT molecular complexity index is 1020. The molecular formula is C19H14Cl2N4O3. The highest BCUT2D eigenvalue weighted by atomic mass is 35.5. The van der Waals surface area contributed by atoms with E-state index in [0.717, 1.165) is 0 Å². The molecule has 0 fully saturated rings. The van der Waals surface area contributed by atoms with Crippen LogP contribution in [0.25, 0.3) is 0 Å². The number of rotatable bonds is 5. The van der Waals surface area contributed by atoms with Crippen molar-refractivity contribution in [1.29, 1.82) is 5.26 Å². The topological polar surface area (TPSA) is 115 Å². The highest BCUT2D eigenvalue weighted by Gasteiger charge is 2.47. The molecule has 7 nitrogen and oxygen atoms in total. The molecule has 9 heteroatoms. The second kappa shape index (κ2) is 7.98. The molecule has 3 rings (SSSR count). The second-order valence-electron chi connectivity index (χ2n) is 6.10. The maximum atomic E-state index is 12.6. The van der Waals surface area contributed by atoms with E-state index in [1.165, 1.54) is 12.1 Å². The van der Waals surface area contributed by atoms with Crippen molar-refractivity contribution in [3.8, 4) is 6.07 Å². The molecule has 0 saturated carbocycles. The minimum Gasteiger partial charge on any atom is -0.375 e. The van der Waals surface area contributed by atoms with Gasteiger partial charge in [0.2, 0.25) is 0 Å². The van der Waals surface area contributed by atoms with E-state index < -0.39 is 17.4 Å². The lowest BCUT2D eigenvalue weighted by molar-refractivity contribution is -0.132. The van der Waals surface area contributed by atoms with Crippen molar-refractivity contribution in [3.05, 3.63) is 63.6 Å². The highest BCUT2D eigenvalue weighted by molar-refractivity contribution is 6.37. The lowest BCUT2D eigenvalue weighted by atomic mass is 9.87. The van der Waals surface area contributed by atoms with E-state index in [1.807, 2.05) is 0 Å². The van der Waals surface area contributed by atoms with Crippen molar-refractivity contribution >= 4 is 46.4 Å². The Balaban J connectivity index is 2.02. The standard InChI is InChI=1S/C19H14Cl2N4O3/c20-12-8-13-17(14(21)9-12)23-18(27)19(13,28)10-15(11-4-2-1-3-5-11)24-25-16(26)6-7-22/h1-5,8-9,28H,6,10H2,(H,23,27)(H,25,26). The molecule has 28 heavy (non-hydrogen) atoms. The van der Waals surface area contributed by atoms with Crippen molar-refractivity contribution in [2.45, 2.75) is 18.4 Å². The van der Waals surface area contributed by atoms with Gasteiger partial charge in [0.1, 0.15) is 6.42 Å². The van der Waals surface area contributed by atoms with Gasteiger partial charge >= 0.3 is 0 Å². The lowest BCUT2D eigenvalue weighted by Crippen LogP contribution is -2.37. The molecule has 0 aliphatic carbocycles. The number of fused-ring (bicyclic) bond motifs is 1. The first kappa shape index (κ1) is 19.8. The highest BCUT2D eigenvalue weighted by Crippen LogP contribution is 2.44. The third kappa shape index (κ3) is 3.85. The van der Waals surface area contributed by atoms with Crippen molar-refractivity contribution in [2.24, 2.45) is 5.10 Å². The zero-order valence-corrected chi connectivity index (χ0v) is 15.9. The summed E-state index contributed by atoms with van der Waals surface area (Å²) >= 11 is 12.2. The van der Waals surface area contributed by atoms with Crippen LogP contribution in [0.4, 0.5) is 5.69 Å². The van der Waals surface area contributed by atoms with Gasteiger partial charge in [0.25, 0.3) is 11.8 Å². The summed E-state index contributed by atoms with van der Waals surface area (Å²) in [7, 11) is 0. The van der Waals surface area contributed by atoms with Gasteiger partial charge in [0.15, 0.2) is 5.60 Å². The Morgan fingerprint density at radius 3 is 2.68 bits per heavy atom. The fourth-order valence-corrected chi connectivity index (χ4v) is 3.40. The number of hydrogen-bond acceptors (Lipinski definition) is 5. The molecule has 0 radical (unpaired) electrons. The monoisotopic (exact) mass is 416 g/mol. The third-order valence-corrected chi connectivity index (χ3v) is 4.72. The van der Waals surface area contributed by atoms with Gasteiger partial charge in [-0.2, -0.15) is 10.4 Å². The molecule has 0 aromatic heterocycles.